The molecule has 0 heterocycles. The zero-order chi connectivity index (χ0) is 18.5. The van der Waals surface area contributed by atoms with E-state index in [-0.39, 0.29) is 0 Å². The fraction of sp³-hybridized carbons (Fsp3) is 0.143. The Morgan fingerprint density at radius 1 is 1.08 bits per heavy atom. The van der Waals surface area contributed by atoms with E-state index < -0.39 is 12.1 Å². The first-order chi connectivity index (χ1) is 12.6. The summed E-state index contributed by atoms with van der Waals surface area (Å²) >= 11 is 0. The first-order valence-electron chi connectivity index (χ1n) is 8.18. The summed E-state index contributed by atoms with van der Waals surface area (Å²) in [6, 6.07) is 19.3. The van der Waals surface area contributed by atoms with Gasteiger partial charge < -0.3 is 14.6 Å². The van der Waals surface area contributed by atoms with Crippen molar-refractivity contribution < 1.29 is 19.4 Å². The Labute approximate surface area is 151 Å². The number of benzene rings is 3. The third-order valence-electron chi connectivity index (χ3n) is 3.96. The minimum Gasteiger partial charge on any atom is -0.493 e. The number of para-hydroxylation sites is 1. The van der Waals surface area contributed by atoms with E-state index in [0.717, 1.165) is 16.5 Å². The van der Waals surface area contributed by atoms with Crippen LogP contribution >= 0.6 is 0 Å². The summed E-state index contributed by atoms with van der Waals surface area (Å²) in [5.74, 6) is -0.233. The normalized spacial score (nSPS) is 12.2. The lowest BCUT2D eigenvalue weighted by atomic mass is 10.1. The smallest absolute Gasteiger partial charge is 0.344 e. The quantitative estimate of drug-likeness (QED) is 0.668. The van der Waals surface area contributed by atoms with Gasteiger partial charge in [-0.05, 0) is 42.0 Å². The Balaban J connectivity index is 1.94. The number of nitrogens with zero attached hydrogens (tertiary/aromatic N) is 1. The molecule has 132 valence electrons. The van der Waals surface area contributed by atoms with Gasteiger partial charge in [-0.25, -0.2) is 4.79 Å². The van der Waals surface area contributed by atoms with Gasteiger partial charge >= 0.3 is 5.97 Å². The maximum atomic E-state index is 11.1. The van der Waals surface area contributed by atoms with Crippen LogP contribution in [-0.2, 0) is 4.79 Å². The molecule has 0 saturated carbocycles. The van der Waals surface area contributed by atoms with Gasteiger partial charge in [0.2, 0.25) is 0 Å². The van der Waals surface area contributed by atoms with Crippen molar-refractivity contribution in [2.45, 2.75) is 13.0 Å². The fourth-order valence-corrected chi connectivity index (χ4v) is 2.55. The van der Waals surface area contributed by atoms with Crippen LogP contribution in [0.4, 0.5) is 5.69 Å². The summed E-state index contributed by atoms with van der Waals surface area (Å²) in [7, 11) is 1.51. The molecule has 0 saturated heterocycles. The molecule has 0 amide bonds. The molecule has 26 heavy (non-hydrogen) atoms. The number of fused-ring (bicyclic) bond motifs is 1. The number of aliphatic imine (C=N–C) groups is 1. The van der Waals surface area contributed by atoms with Gasteiger partial charge in [0.05, 0.1) is 12.8 Å². The Morgan fingerprint density at radius 3 is 2.58 bits per heavy atom. The summed E-state index contributed by atoms with van der Waals surface area (Å²) in [6.07, 6.45) is 0.649. The van der Waals surface area contributed by atoms with Gasteiger partial charge in [-0.15, -0.1) is 0 Å². The van der Waals surface area contributed by atoms with Crippen molar-refractivity contribution in [3.8, 4) is 11.5 Å². The van der Waals surface area contributed by atoms with Crippen LogP contribution in [0.1, 0.15) is 12.5 Å². The molecular formula is C21H19NO4. The van der Waals surface area contributed by atoms with Crippen LogP contribution in [0.25, 0.3) is 10.8 Å². The number of hydrogen-bond donors (Lipinski definition) is 1. The largest absolute Gasteiger partial charge is 0.493 e. The third-order valence-corrected chi connectivity index (χ3v) is 3.96. The van der Waals surface area contributed by atoms with E-state index in [1.54, 1.807) is 24.4 Å². The number of carbonyl (C=O) groups is 1. The number of carboxylic acid groups (broad SMARTS) is 1. The molecule has 5 nitrogen and oxygen atoms in total. The number of methoxy groups -OCH3 is 1. The summed E-state index contributed by atoms with van der Waals surface area (Å²) < 4.78 is 10.9. The monoisotopic (exact) mass is 349 g/mol. The van der Waals surface area contributed by atoms with E-state index in [9.17, 15) is 4.79 Å². The van der Waals surface area contributed by atoms with Crippen molar-refractivity contribution in [2.24, 2.45) is 4.99 Å². The van der Waals surface area contributed by atoms with Crippen molar-refractivity contribution in [2.75, 3.05) is 7.11 Å². The molecule has 5 heteroatoms. The van der Waals surface area contributed by atoms with E-state index in [4.69, 9.17) is 14.6 Å². The number of rotatable bonds is 6. The first kappa shape index (κ1) is 17.5. The highest BCUT2D eigenvalue weighted by atomic mass is 16.5. The number of carboxylic acids is 1. The van der Waals surface area contributed by atoms with Gasteiger partial charge in [0.25, 0.3) is 0 Å². The predicted molar refractivity (Wildman–Crippen MR) is 102 cm³/mol. The van der Waals surface area contributed by atoms with E-state index in [1.165, 1.54) is 14.0 Å². The standard InChI is InChI=1S/C21H19NO4/c1-14(21(23)24)26-20-17(8-5-9-19(20)25-2)13-22-18-11-10-15-6-3-4-7-16(15)12-18/h3-14H,1-2H3,(H,23,24)/t14-/m0/s1. The Morgan fingerprint density at radius 2 is 1.85 bits per heavy atom. The van der Waals surface area contributed by atoms with Gasteiger partial charge in [-0.2, -0.15) is 0 Å². The van der Waals surface area contributed by atoms with Crippen LogP contribution in [-0.4, -0.2) is 30.5 Å². The van der Waals surface area contributed by atoms with Crippen LogP contribution < -0.4 is 9.47 Å². The topological polar surface area (TPSA) is 68.1 Å². The van der Waals surface area contributed by atoms with Gasteiger partial charge in [0.15, 0.2) is 17.6 Å². The molecule has 0 aromatic heterocycles. The average Bonchev–Trinajstić information content (AvgIpc) is 2.66. The van der Waals surface area contributed by atoms with Crippen molar-refractivity contribution in [3.05, 3.63) is 66.2 Å². The summed E-state index contributed by atoms with van der Waals surface area (Å²) in [6.45, 7) is 1.47. The molecule has 3 aromatic rings. The Hall–Kier alpha value is -3.34. The zero-order valence-electron chi connectivity index (χ0n) is 14.5. The molecule has 0 aliphatic heterocycles. The van der Waals surface area contributed by atoms with Gasteiger partial charge in [-0.1, -0.05) is 36.4 Å². The van der Waals surface area contributed by atoms with Crippen LogP contribution in [0, 0.1) is 0 Å². The molecule has 0 radical (unpaired) electrons. The molecule has 0 spiro atoms. The second kappa shape index (κ2) is 7.70. The molecule has 0 fully saturated rings. The first-order valence-corrected chi connectivity index (χ1v) is 8.18. The Kier molecular flexibility index (Phi) is 5.17. The van der Waals surface area contributed by atoms with Gasteiger partial charge in [0, 0.05) is 11.8 Å². The minimum absolute atomic E-state index is 0.356. The SMILES string of the molecule is COc1cccc(C=Nc2ccc3ccccc3c2)c1O[C@@H](C)C(=O)O. The molecular weight excluding hydrogens is 330 g/mol. The highest BCUT2D eigenvalue weighted by Gasteiger charge is 2.17. The molecule has 1 N–H and O–H groups in total. The second-order valence-corrected chi connectivity index (χ2v) is 5.77. The molecule has 1 atom stereocenters. The Bertz CT molecular complexity index is 965. The summed E-state index contributed by atoms with van der Waals surface area (Å²) in [5, 5.41) is 11.4. The van der Waals surface area contributed by atoms with Crippen LogP contribution in [0.3, 0.4) is 0 Å². The van der Waals surface area contributed by atoms with Crippen LogP contribution in [0.2, 0.25) is 0 Å². The molecule has 3 rings (SSSR count). The lowest BCUT2D eigenvalue weighted by Gasteiger charge is -2.15. The van der Waals surface area contributed by atoms with Crippen LogP contribution in [0.5, 0.6) is 11.5 Å². The minimum atomic E-state index is -1.05. The number of aliphatic carboxylic acids is 1. The van der Waals surface area contributed by atoms with Gasteiger partial charge in [-0.3, -0.25) is 4.99 Å². The summed E-state index contributed by atoms with van der Waals surface area (Å²) in [5.41, 5.74) is 1.44. The fourth-order valence-electron chi connectivity index (χ4n) is 2.55. The third kappa shape index (κ3) is 3.83. The van der Waals surface area contributed by atoms with Gasteiger partial charge in [0.1, 0.15) is 0 Å². The predicted octanol–water partition coefficient (Wildman–Crippen LogP) is 4.45. The maximum Gasteiger partial charge on any atom is 0.344 e. The summed E-state index contributed by atoms with van der Waals surface area (Å²) in [4.78, 5) is 15.6. The average molecular weight is 349 g/mol. The van der Waals surface area contributed by atoms with Crippen molar-refractivity contribution >= 4 is 28.6 Å². The molecule has 0 bridgehead atoms. The highest BCUT2D eigenvalue weighted by Crippen LogP contribution is 2.31. The molecule has 3 aromatic carbocycles. The van der Waals surface area contributed by atoms with E-state index >= 15 is 0 Å². The number of ether oxygens (including phenoxy) is 2. The zero-order valence-corrected chi connectivity index (χ0v) is 14.5. The van der Waals surface area contributed by atoms with E-state index in [2.05, 4.69) is 4.99 Å². The highest BCUT2D eigenvalue weighted by molar-refractivity contribution is 5.90. The van der Waals surface area contributed by atoms with E-state index in [0.29, 0.717) is 17.1 Å². The van der Waals surface area contributed by atoms with E-state index in [1.807, 2.05) is 42.5 Å². The maximum absolute atomic E-state index is 11.1. The number of hydrogen-bond acceptors (Lipinski definition) is 4. The molecule has 0 aliphatic rings. The molecule has 0 aliphatic carbocycles. The van der Waals surface area contributed by atoms with Crippen molar-refractivity contribution in [3.63, 3.8) is 0 Å². The molecule has 0 unspecified atom stereocenters. The van der Waals surface area contributed by atoms with Crippen molar-refractivity contribution in [1.82, 2.24) is 0 Å². The van der Waals surface area contributed by atoms with Crippen molar-refractivity contribution in [1.29, 1.82) is 0 Å². The lowest BCUT2D eigenvalue weighted by Crippen LogP contribution is -2.23. The second-order valence-electron chi connectivity index (χ2n) is 5.77. The lowest BCUT2D eigenvalue weighted by molar-refractivity contribution is -0.144. The van der Waals surface area contributed by atoms with Crippen LogP contribution in [0.15, 0.2) is 65.7 Å².